The molecule has 3 N–H and O–H groups in total. The summed E-state index contributed by atoms with van der Waals surface area (Å²) in [6, 6.07) is 1.80. The highest BCUT2D eigenvalue weighted by molar-refractivity contribution is 7.86. The lowest BCUT2D eigenvalue weighted by Gasteiger charge is -2.32. The number of hydrogen-bond donors (Lipinski definition) is 2. The molecular weight excluding hydrogens is 414 g/mol. The summed E-state index contributed by atoms with van der Waals surface area (Å²) in [5.41, 5.74) is -4.54. The topological polar surface area (TPSA) is 92.5 Å². The predicted molar refractivity (Wildman–Crippen MR) is 99.6 cm³/mol. The van der Waals surface area contributed by atoms with Crippen LogP contribution in [-0.4, -0.2) is 31.2 Å². The average molecular weight is 439 g/mol. The molecule has 0 aromatic heterocycles. The number of amides is 1. The third-order valence-electron chi connectivity index (χ3n) is 4.94. The first-order valence-electron chi connectivity index (χ1n) is 8.97. The van der Waals surface area contributed by atoms with Gasteiger partial charge in [0, 0.05) is 6.54 Å². The summed E-state index contributed by atoms with van der Waals surface area (Å²) < 4.78 is 78.5. The van der Waals surface area contributed by atoms with Crippen molar-refractivity contribution in [2.75, 3.05) is 6.54 Å². The van der Waals surface area contributed by atoms with Gasteiger partial charge in [-0.25, -0.2) is 9.53 Å². The van der Waals surface area contributed by atoms with Crippen LogP contribution in [0.4, 0.5) is 17.6 Å². The smallest absolute Gasteiger partial charge is 0.346 e. The number of alkyl halides is 4. The number of rotatable bonds is 5. The minimum atomic E-state index is -4.70. The van der Waals surface area contributed by atoms with Crippen molar-refractivity contribution in [2.24, 2.45) is 5.14 Å². The lowest BCUT2D eigenvalue weighted by atomic mass is 9.87. The molecule has 1 aromatic rings. The normalized spacial score (nSPS) is 19.4. The summed E-state index contributed by atoms with van der Waals surface area (Å²) in [7, 11) is -4.09. The van der Waals surface area contributed by atoms with Crippen LogP contribution in [-0.2, 0) is 32.4 Å². The molecule has 1 unspecified atom stereocenters. The van der Waals surface area contributed by atoms with Crippen LogP contribution in [0.3, 0.4) is 0 Å². The molecule has 0 bridgehead atoms. The summed E-state index contributed by atoms with van der Waals surface area (Å²) in [4.78, 5) is 12.7. The maximum absolute atomic E-state index is 14.4. The summed E-state index contributed by atoms with van der Waals surface area (Å²) in [5, 5.41) is 7.71. The van der Waals surface area contributed by atoms with Crippen molar-refractivity contribution < 1.29 is 30.8 Å². The number of carbonyl (C=O) groups is 1. The maximum atomic E-state index is 14.4. The number of hydrogen-bond acceptors (Lipinski definition) is 3. The fourth-order valence-electron chi connectivity index (χ4n) is 3.27. The molecule has 1 atom stereocenters. The van der Waals surface area contributed by atoms with Crippen LogP contribution in [0.25, 0.3) is 0 Å². The quantitative estimate of drug-likeness (QED) is 0.691. The van der Waals surface area contributed by atoms with E-state index in [1.807, 2.05) is 0 Å². The zero-order valence-corrected chi connectivity index (χ0v) is 17.4. The van der Waals surface area contributed by atoms with Gasteiger partial charge in [0.1, 0.15) is 11.7 Å². The molecule has 164 valence electrons. The Hall–Kier alpha value is -1.72. The van der Waals surface area contributed by atoms with Crippen molar-refractivity contribution in [1.29, 1.82) is 0 Å². The summed E-state index contributed by atoms with van der Waals surface area (Å²) >= 11 is 0. The van der Waals surface area contributed by atoms with Crippen LogP contribution in [0.2, 0.25) is 0 Å². The second-order valence-corrected chi connectivity index (χ2v) is 9.70. The molecular formula is C18H25F4N3O3S. The third-order valence-corrected chi connectivity index (χ3v) is 6.03. The number of nitrogens with two attached hydrogens (primary N) is 1. The predicted octanol–water partition coefficient (Wildman–Crippen LogP) is 2.93. The van der Waals surface area contributed by atoms with Crippen molar-refractivity contribution in [3.05, 3.63) is 34.9 Å². The SMILES string of the molecule is CC(C)(F)c1cc(C(F)(F)F)cc(C(C)(C)NC(=O)C2CCCN2S(N)(=O)=O)c1. The Kier molecular flexibility index (Phi) is 6.10. The molecule has 1 saturated heterocycles. The first kappa shape index (κ1) is 23.6. The number of benzene rings is 1. The van der Waals surface area contributed by atoms with Crippen LogP contribution in [0.1, 0.15) is 57.2 Å². The molecule has 6 nitrogen and oxygen atoms in total. The molecule has 1 amide bonds. The van der Waals surface area contributed by atoms with Crippen LogP contribution in [0, 0.1) is 0 Å². The van der Waals surface area contributed by atoms with Crippen molar-refractivity contribution in [3.63, 3.8) is 0 Å². The van der Waals surface area contributed by atoms with E-state index in [4.69, 9.17) is 5.14 Å². The van der Waals surface area contributed by atoms with Gasteiger partial charge >= 0.3 is 6.18 Å². The zero-order chi connectivity index (χ0) is 22.4. The van der Waals surface area contributed by atoms with Crippen LogP contribution in [0.5, 0.6) is 0 Å². The molecule has 0 spiro atoms. The van der Waals surface area contributed by atoms with Gasteiger partial charge < -0.3 is 5.32 Å². The van der Waals surface area contributed by atoms with Gasteiger partial charge in [-0.2, -0.15) is 25.9 Å². The summed E-state index contributed by atoms with van der Waals surface area (Å²) in [5.74, 6) is -0.681. The Labute approximate surface area is 167 Å². The lowest BCUT2D eigenvalue weighted by Crippen LogP contribution is -2.52. The Morgan fingerprint density at radius 2 is 1.59 bits per heavy atom. The first-order valence-corrected chi connectivity index (χ1v) is 10.5. The molecule has 1 heterocycles. The van der Waals surface area contributed by atoms with Gasteiger partial charge in [-0.05, 0) is 63.8 Å². The molecule has 0 saturated carbocycles. The maximum Gasteiger partial charge on any atom is 0.416 e. The summed E-state index contributed by atoms with van der Waals surface area (Å²) in [6.45, 7) is 5.29. The van der Waals surface area contributed by atoms with E-state index < -0.39 is 45.1 Å². The number of halogens is 4. The van der Waals surface area contributed by atoms with Gasteiger partial charge in [0.05, 0.1) is 11.1 Å². The molecule has 2 rings (SSSR count). The van der Waals surface area contributed by atoms with Crippen LogP contribution < -0.4 is 10.5 Å². The van der Waals surface area contributed by atoms with Crippen LogP contribution >= 0.6 is 0 Å². The van der Waals surface area contributed by atoms with E-state index >= 15 is 0 Å². The largest absolute Gasteiger partial charge is 0.416 e. The molecule has 1 aromatic carbocycles. The van der Waals surface area contributed by atoms with E-state index in [1.54, 1.807) is 0 Å². The highest BCUT2D eigenvalue weighted by atomic mass is 32.2. The van der Waals surface area contributed by atoms with Crippen molar-refractivity contribution in [3.8, 4) is 0 Å². The van der Waals surface area contributed by atoms with E-state index in [-0.39, 0.29) is 24.1 Å². The molecule has 1 aliphatic heterocycles. The molecule has 0 radical (unpaired) electrons. The van der Waals surface area contributed by atoms with E-state index in [0.717, 1.165) is 30.3 Å². The van der Waals surface area contributed by atoms with Gasteiger partial charge in [-0.15, -0.1) is 0 Å². The number of carbonyl (C=O) groups excluding carboxylic acids is 1. The highest BCUT2D eigenvalue weighted by Gasteiger charge is 2.40. The minimum Gasteiger partial charge on any atom is -0.346 e. The Bertz CT molecular complexity index is 860. The van der Waals surface area contributed by atoms with Crippen molar-refractivity contribution in [2.45, 2.75) is 64.0 Å². The highest BCUT2D eigenvalue weighted by Crippen LogP contribution is 2.37. The standard InChI is InChI=1S/C18H25F4N3O3S/c1-16(2,19)11-8-12(10-13(9-11)18(20,21)22)17(3,4)24-15(26)14-6-5-7-25(14)29(23,27)28/h8-10,14H,5-7H2,1-4H3,(H,24,26)(H2,23,27,28). The Morgan fingerprint density at radius 3 is 2.07 bits per heavy atom. The van der Waals surface area contributed by atoms with E-state index in [2.05, 4.69) is 5.32 Å². The first-order chi connectivity index (χ1) is 12.9. The fraction of sp³-hybridized carbons (Fsp3) is 0.611. The van der Waals surface area contributed by atoms with E-state index in [9.17, 15) is 30.8 Å². The van der Waals surface area contributed by atoms with Crippen LogP contribution in [0.15, 0.2) is 18.2 Å². The van der Waals surface area contributed by atoms with Crippen molar-refractivity contribution >= 4 is 16.1 Å². The third kappa shape index (κ3) is 5.46. The number of nitrogens with one attached hydrogen (secondary N) is 1. The van der Waals surface area contributed by atoms with Gasteiger partial charge in [0.2, 0.25) is 5.91 Å². The Morgan fingerprint density at radius 1 is 1.07 bits per heavy atom. The molecule has 1 fully saturated rings. The van der Waals surface area contributed by atoms with Gasteiger partial charge in [-0.3, -0.25) is 4.79 Å². The molecule has 11 heteroatoms. The Balaban J connectivity index is 2.41. The van der Waals surface area contributed by atoms with Gasteiger partial charge in [-0.1, -0.05) is 6.07 Å². The van der Waals surface area contributed by atoms with E-state index in [1.165, 1.54) is 19.9 Å². The monoisotopic (exact) mass is 439 g/mol. The second-order valence-electron chi connectivity index (χ2n) is 8.20. The number of nitrogens with zero attached hydrogens (tertiary/aromatic N) is 1. The van der Waals surface area contributed by atoms with Crippen molar-refractivity contribution in [1.82, 2.24) is 9.62 Å². The molecule has 1 aliphatic rings. The van der Waals surface area contributed by atoms with E-state index in [0.29, 0.717) is 6.42 Å². The minimum absolute atomic E-state index is 0.0431. The van der Waals surface area contributed by atoms with Gasteiger partial charge in [0.15, 0.2) is 0 Å². The zero-order valence-electron chi connectivity index (χ0n) is 16.6. The molecule has 29 heavy (non-hydrogen) atoms. The average Bonchev–Trinajstić information content (AvgIpc) is 3.02. The van der Waals surface area contributed by atoms with Gasteiger partial charge in [0.25, 0.3) is 10.2 Å². The lowest BCUT2D eigenvalue weighted by molar-refractivity contribution is -0.137. The molecule has 0 aliphatic carbocycles. The summed E-state index contributed by atoms with van der Waals surface area (Å²) in [6.07, 6.45) is -4.03. The second kappa shape index (κ2) is 7.51. The fourth-order valence-corrected chi connectivity index (χ4v) is 4.21.